The van der Waals surface area contributed by atoms with Crippen LogP contribution in [0, 0.1) is 0 Å². The van der Waals surface area contributed by atoms with Crippen molar-refractivity contribution in [3.8, 4) is 5.75 Å². The summed E-state index contributed by atoms with van der Waals surface area (Å²) in [6.45, 7) is 14.6. The molecule has 0 bridgehead atoms. The summed E-state index contributed by atoms with van der Waals surface area (Å²) in [5, 5.41) is 3.16. The summed E-state index contributed by atoms with van der Waals surface area (Å²) in [5.74, 6) is 1.26. The monoisotopic (exact) mass is 347 g/mol. The van der Waals surface area contributed by atoms with Gasteiger partial charge in [-0.3, -0.25) is 4.79 Å². The molecule has 1 aromatic carbocycles. The number of Topliss-reactive ketones (excluding diaryl/α,β-unsaturated/α-hetero) is 1. The molecule has 0 atom stereocenters. The van der Waals surface area contributed by atoms with Gasteiger partial charge in [0.15, 0.2) is 5.78 Å². The number of anilines is 3. The molecule has 0 amide bonds. The molecule has 1 rings (SSSR count). The van der Waals surface area contributed by atoms with Crippen LogP contribution in [-0.2, 0) is 9.53 Å². The van der Waals surface area contributed by atoms with E-state index < -0.39 is 0 Å². The topological polar surface area (TPSA) is 76.8 Å². The molecule has 25 heavy (non-hydrogen) atoms. The second kappa shape index (κ2) is 9.61. The van der Waals surface area contributed by atoms with Crippen molar-refractivity contribution in [2.24, 2.45) is 0 Å². The first-order valence-corrected chi connectivity index (χ1v) is 8.23. The zero-order chi connectivity index (χ0) is 19.0. The van der Waals surface area contributed by atoms with Crippen LogP contribution >= 0.6 is 0 Å². The van der Waals surface area contributed by atoms with Gasteiger partial charge >= 0.3 is 0 Å². The van der Waals surface area contributed by atoms with E-state index in [0.717, 1.165) is 23.6 Å². The molecule has 0 aliphatic carbocycles. The molecule has 0 unspecified atom stereocenters. The predicted octanol–water partition coefficient (Wildman–Crippen LogP) is 3.56. The van der Waals surface area contributed by atoms with Gasteiger partial charge in [0, 0.05) is 31.3 Å². The molecule has 138 valence electrons. The van der Waals surface area contributed by atoms with E-state index in [-0.39, 0.29) is 12.4 Å². The molecule has 0 aromatic heterocycles. The number of nitrogens with two attached hydrogens (primary N) is 1. The number of ether oxygens (including phenoxy) is 2. The maximum Gasteiger partial charge on any atom is 0.167 e. The van der Waals surface area contributed by atoms with Crippen LogP contribution in [0.25, 0.3) is 0 Å². The van der Waals surface area contributed by atoms with Gasteiger partial charge < -0.3 is 25.4 Å². The summed E-state index contributed by atoms with van der Waals surface area (Å²) < 4.78 is 10.8. The van der Waals surface area contributed by atoms with E-state index in [2.05, 4.69) is 30.3 Å². The van der Waals surface area contributed by atoms with Crippen molar-refractivity contribution in [3.05, 3.63) is 36.7 Å². The summed E-state index contributed by atoms with van der Waals surface area (Å²) in [7, 11) is 1.62. The molecule has 0 fully saturated rings. The van der Waals surface area contributed by atoms with Gasteiger partial charge in [0.25, 0.3) is 0 Å². The Balaban J connectivity index is 2.94. The molecule has 0 spiro atoms. The van der Waals surface area contributed by atoms with E-state index in [9.17, 15) is 4.79 Å². The second-order valence-corrected chi connectivity index (χ2v) is 5.88. The van der Waals surface area contributed by atoms with E-state index in [1.807, 2.05) is 13.0 Å². The van der Waals surface area contributed by atoms with Crippen molar-refractivity contribution in [3.63, 3.8) is 0 Å². The Bertz CT molecular complexity index is 641. The summed E-state index contributed by atoms with van der Waals surface area (Å²) in [6.07, 6.45) is 0.609. The van der Waals surface area contributed by atoms with E-state index in [0.29, 0.717) is 30.2 Å². The number of carbonyl (C=O) groups is 1. The van der Waals surface area contributed by atoms with Crippen molar-refractivity contribution in [1.82, 2.24) is 0 Å². The van der Waals surface area contributed by atoms with Crippen LogP contribution in [0.1, 0.15) is 27.2 Å². The Morgan fingerprint density at radius 2 is 2.00 bits per heavy atom. The van der Waals surface area contributed by atoms with Gasteiger partial charge in [-0.25, -0.2) is 0 Å². The lowest BCUT2D eigenvalue weighted by Crippen LogP contribution is -2.25. The van der Waals surface area contributed by atoms with Crippen LogP contribution in [0.3, 0.4) is 0 Å². The number of nitrogen functional groups attached to an aromatic ring is 1. The highest BCUT2D eigenvalue weighted by molar-refractivity contribution is 5.78. The van der Waals surface area contributed by atoms with Crippen molar-refractivity contribution >= 4 is 22.8 Å². The van der Waals surface area contributed by atoms with Gasteiger partial charge in [-0.05, 0) is 26.8 Å². The molecule has 0 radical (unpaired) electrons. The SMILES string of the molecule is C=C(C)Nc1cc(N(CC)CCC(=C)OCC(C)=O)c(OC)cc1N. The molecule has 0 heterocycles. The first-order valence-electron chi connectivity index (χ1n) is 8.23. The van der Waals surface area contributed by atoms with Gasteiger partial charge in [-0.1, -0.05) is 13.2 Å². The molecule has 0 aliphatic heterocycles. The van der Waals surface area contributed by atoms with Crippen LogP contribution in [0.5, 0.6) is 5.75 Å². The number of allylic oxidation sites excluding steroid dienone is 1. The highest BCUT2D eigenvalue weighted by Crippen LogP contribution is 2.36. The third kappa shape index (κ3) is 6.41. The number of hydrogen-bond acceptors (Lipinski definition) is 6. The lowest BCUT2D eigenvalue weighted by atomic mass is 10.2. The first kappa shape index (κ1) is 20.4. The lowest BCUT2D eigenvalue weighted by Gasteiger charge is -2.27. The van der Waals surface area contributed by atoms with Gasteiger partial charge in [-0.15, -0.1) is 0 Å². The summed E-state index contributed by atoms with van der Waals surface area (Å²) in [6, 6.07) is 3.75. The third-order valence-electron chi connectivity index (χ3n) is 3.56. The molecule has 1 aromatic rings. The maximum absolute atomic E-state index is 11.0. The fraction of sp³-hybridized carbons (Fsp3) is 0.421. The number of carbonyl (C=O) groups excluding carboxylic acids is 1. The Labute approximate surface area is 150 Å². The number of nitrogens with zero attached hydrogens (tertiary/aromatic N) is 1. The summed E-state index contributed by atoms with van der Waals surface area (Å²) in [5.41, 5.74) is 9.18. The van der Waals surface area contributed by atoms with Gasteiger partial charge in [0.1, 0.15) is 12.4 Å². The molecular weight excluding hydrogens is 318 g/mol. The number of benzene rings is 1. The smallest absolute Gasteiger partial charge is 0.167 e. The van der Waals surface area contributed by atoms with E-state index >= 15 is 0 Å². The highest BCUT2D eigenvalue weighted by Gasteiger charge is 2.15. The van der Waals surface area contributed by atoms with E-state index in [1.165, 1.54) is 6.92 Å². The average Bonchev–Trinajstić information content (AvgIpc) is 2.55. The Morgan fingerprint density at radius 3 is 2.52 bits per heavy atom. The van der Waals surface area contributed by atoms with Gasteiger partial charge in [-0.2, -0.15) is 0 Å². The Hall–Kier alpha value is -2.63. The molecule has 0 aliphatic rings. The Morgan fingerprint density at radius 1 is 1.32 bits per heavy atom. The fourth-order valence-corrected chi connectivity index (χ4v) is 2.32. The van der Waals surface area contributed by atoms with Crippen molar-refractivity contribution in [1.29, 1.82) is 0 Å². The van der Waals surface area contributed by atoms with Crippen molar-refractivity contribution in [2.75, 3.05) is 42.8 Å². The molecule has 3 N–H and O–H groups in total. The summed E-state index contributed by atoms with van der Waals surface area (Å²) in [4.78, 5) is 13.1. The minimum absolute atomic E-state index is 0.0239. The normalized spacial score (nSPS) is 10.1. The van der Waals surface area contributed by atoms with Crippen molar-refractivity contribution in [2.45, 2.75) is 27.2 Å². The first-order chi connectivity index (χ1) is 11.8. The third-order valence-corrected chi connectivity index (χ3v) is 3.56. The van der Waals surface area contributed by atoms with Crippen LogP contribution < -0.4 is 20.7 Å². The van der Waals surface area contributed by atoms with E-state index in [4.69, 9.17) is 15.2 Å². The van der Waals surface area contributed by atoms with Gasteiger partial charge in [0.05, 0.1) is 29.9 Å². The number of methoxy groups -OCH3 is 1. The van der Waals surface area contributed by atoms with Crippen LogP contribution in [-0.4, -0.2) is 32.6 Å². The lowest BCUT2D eigenvalue weighted by molar-refractivity contribution is -0.120. The zero-order valence-corrected chi connectivity index (χ0v) is 15.6. The maximum atomic E-state index is 11.0. The van der Waals surface area contributed by atoms with Crippen LogP contribution in [0.2, 0.25) is 0 Å². The fourth-order valence-electron chi connectivity index (χ4n) is 2.32. The highest BCUT2D eigenvalue weighted by atomic mass is 16.5. The minimum atomic E-state index is -0.0239. The minimum Gasteiger partial charge on any atom is -0.495 e. The van der Waals surface area contributed by atoms with Crippen LogP contribution in [0.15, 0.2) is 36.7 Å². The van der Waals surface area contributed by atoms with Gasteiger partial charge in [0.2, 0.25) is 0 Å². The number of rotatable bonds is 11. The standard InChI is InChI=1S/C19H29N3O3/c1-7-22(9-8-15(5)25-12-14(4)23)18-11-17(21-13(2)3)16(20)10-19(18)24-6/h10-11,21H,2,5,7-9,12,20H2,1,3-4,6H3. The predicted molar refractivity (Wildman–Crippen MR) is 104 cm³/mol. The molecule has 6 nitrogen and oxygen atoms in total. The number of hydrogen-bond donors (Lipinski definition) is 2. The second-order valence-electron chi connectivity index (χ2n) is 5.88. The zero-order valence-electron chi connectivity index (χ0n) is 15.6. The van der Waals surface area contributed by atoms with E-state index in [1.54, 1.807) is 13.2 Å². The molecule has 0 saturated heterocycles. The molecular formula is C19H29N3O3. The van der Waals surface area contributed by atoms with Crippen molar-refractivity contribution < 1.29 is 14.3 Å². The largest absolute Gasteiger partial charge is 0.495 e. The number of ketones is 1. The van der Waals surface area contributed by atoms with Crippen LogP contribution in [0.4, 0.5) is 17.1 Å². The average molecular weight is 347 g/mol. The molecule has 6 heteroatoms. The quantitative estimate of drug-likeness (QED) is 0.471. The molecule has 0 saturated carbocycles. The Kier molecular flexibility index (Phi) is 7.85. The number of nitrogens with one attached hydrogen (secondary N) is 1. The summed E-state index contributed by atoms with van der Waals surface area (Å²) >= 11 is 0.